The summed E-state index contributed by atoms with van der Waals surface area (Å²) in [7, 11) is 1.61. The average molecular weight is 314 g/mol. The van der Waals surface area contributed by atoms with E-state index in [1.165, 1.54) is 29.5 Å². The maximum absolute atomic E-state index is 12.7. The van der Waals surface area contributed by atoms with Crippen LogP contribution in [0, 0.1) is 13.8 Å². The first-order valence-corrected chi connectivity index (χ1v) is 8.32. The lowest BCUT2D eigenvalue weighted by atomic mass is 10.0. The van der Waals surface area contributed by atoms with E-state index in [1.807, 2.05) is 13.8 Å². The van der Waals surface area contributed by atoms with Crippen molar-refractivity contribution in [3.8, 4) is 5.75 Å². The van der Waals surface area contributed by atoms with Crippen LogP contribution < -0.4 is 4.74 Å². The molecule has 1 aromatic carbocycles. The normalized spacial score (nSPS) is 10.8. The van der Waals surface area contributed by atoms with E-state index >= 15 is 0 Å². The molecule has 0 aliphatic rings. The highest BCUT2D eigenvalue weighted by Gasteiger charge is 2.17. The minimum Gasteiger partial charge on any atom is -0.497 e. The van der Waals surface area contributed by atoms with Crippen molar-refractivity contribution in [2.75, 3.05) is 7.11 Å². The number of aryl methyl sites for hydroxylation is 1. The molecule has 0 radical (unpaired) electrons. The highest BCUT2D eigenvalue weighted by Crippen LogP contribution is 2.19. The van der Waals surface area contributed by atoms with E-state index < -0.39 is 0 Å². The summed E-state index contributed by atoms with van der Waals surface area (Å²) in [4.78, 5) is 12.7. The zero-order chi connectivity index (χ0) is 16.8. The maximum atomic E-state index is 12.7. The van der Waals surface area contributed by atoms with Crippen molar-refractivity contribution >= 4 is 5.91 Å². The Bertz CT molecular complexity index is 657. The number of methoxy groups -OCH3 is 1. The van der Waals surface area contributed by atoms with Gasteiger partial charge < -0.3 is 4.74 Å². The Morgan fingerprint density at radius 1 is 1.13 bits per heavy atom. The maximum Gasteiger partial charge on any atom is 0.278 e. The molecule has 0 spiro atoms. The summed E-state index contributed by atoms with van der Waals surface area (Å²) in [5.74, 6) is 0.652. The summed E-state index contributed by atoms with van der Waals surface area (Å²) in [6.45, 7) is 6.18. The molecule has 0 N–H and O–H groups in total. The molecular weight excluding hydrogens is 288 g/mol. The number of benzene rings is 1. The highest BCUT2D eigenvalue weighted by atomic mass is 16.5. The summed E-state index contributed by atoms with van der Waals surface area (Å²) >= 11 is 0. The number of unbranched alkanes of at least 4 members (excludes halogenated alkanes) is 3. The molecule has 0 aliphatic heterocycles. The van der Waals surface area contributed by atoms with Crippen molar-refractivity contribution < 1.29 is 9.53 Å². The lowest BCUT2D eigenvalue weighted by Crippen LogP contribution is -2.15. The van der Waals surface area contributed by atoms with Crippen LogP contribution in [-0.2, 0) is 6.42 Å². The van der Waals surface area contributed by atoms with Gasteiger partial charge >= 0.3 is 0 Å². The van der Waals surface area contributed by atoms with Gasteiger partial charge in [-0.1, -0.05) is 26.2 Å². The molecule has 2 aromatic rings. The Labute approximate surface area is 138 Å². The van der Waals surface area contributed by atoms with E-state index in [1.54, 1.807) is 31.4 Å². The summed E-state index contributed by atoms with van der Waals surface area (Å²) in [6.07, 6.45) is 5.86. The van der Waals surface area contributed by atoms with E-state index in [-0.39, 0.29) is 5.91 Å². The van der Waals surface area contributed by atoms with Gasteiger partial charge in [-0.25, -0.2) is 4.68 Å². The van der Waals surface area contributed by atoms with E-state index in [0.29, 0.717) is 5.56 Å². The average Bonchev–Trinajstić information content (AvgIpc) is 2.86. The quantitative estimate of drug-likeness (QED) is 0.715. The van der Waals surface area contributed by atoms with Gasteiger partial charge in [0.15, 0.2) is 0 Å². The predicted octanol–water partition coefficient (Wildman–Crippen LogP) is 4.32. The standard InChI is InChI=1S/C19H26N2O2/c1-5-6-7-8-9-18-14(2)20-21(15(18)3)19(22)16-10-12-17(23-4)13-11-16/h10-13H,5-9H2,1-4H3. The van der Waals surface area contributed by atoms with E-state index in [2.05, 4.69) is 12.0 Å². The van der Waals surface area contributed by atoms with Crippen LogP contribution in [0.4, 0.5) is 0 Å². The molecule has 1 heterocycles. The number of hydrogen-bond donors (Lipinski definition) is 0. The molecule has 1 aromatic heterocycles. The zero-order valence-corrected chi connectivity index (χ0v) is 14.6. The van der Waals surface area contributed by atoms with Gasteiger partial charge in [-0.05, 0) is 56.5 Å². The molecule has 0 amide bonds. The third-order valence-corrected chi connectivity index (χ3v) is 4.25. The Morgan fingerprint density at radius 3 is 2.43 bits per heavy atom. The first-order valence-electron chi connectivity index (χ1n) is 8.32. The molecule has 124 valence electrons. The molecule has 0 bridgehead atoms. The van der Waals surface area contributed by atoms with E-state index in [9.17, 15) is 4.79 Å². The van der Waals surface area contributed by atoms with Gasteiger partial charge in [-0.2, -0.15) is 5.10 Å². The third kappa shape index (κ3) is 4.01. The molecule has 0 aliphatic carbocycles. The minimum absolute atomic E-state index is 0.0898. The first-order chi connectivity index (χ1) is 11.1. The fourth-order valence-electron chi connectivity index (χ4n) is 2.82. The van der Waals surface area contributed by atoms with Crippen molar-refractivity contribution in [1.29, 1.82) is 0 Å². The molecule has 4 heteroatoms. The van der Waals surface area contributed by atoms with Crippen LogP contribution in [0.1, 0.15) is 59.9 Å². The zero-order valence-electron chi connectivity index (χ0n) is 14.6. The monoisotopic (exact) mass is 314 g/mol. The van der Waals surface area contributed by atoms with Crippen LogP contribution in [0.3, 0.4) is 0 Å². The highest BCUT2D eigenvalue weighted by molar-refractivity contribution is 5.96. The van der Waals surface area contributed by atoms with E-state index in [4.69, 9.17) is 4.74 Å². The lowest BCUT2D eigenvalue weighted by Gasteiger charge is -2.06. The Kier molecular flexibility index (Phi) is 5.97. The minimum atomic E-state index is -0.0898. The van der Waals surface area contributed by atoms with Gasteiger partial charge in [-0.15, -0.1) is 0 Å². The summed E-state index contributed by atoms with van der Waals surface area (Å²) in [6, 6.07) is 7.15. The number of carbonyl (C=O) groups is 1. The Balaban J connectivity index is 2.17. The predicted molar refractivity (Wildman–Crippen MR) is 92.3 cm³/mol. The fraction of sp³-hybridized carbons (Fsp3) is 0.474. The first kappa shape index (κ1) is 17.3. The van der Waals surface area contributed by atoms with Crippen LogP contribution in [0.2, 0.25) is 0 Å². The second-order valence-corrected chi connectivity index (χ2v) is 5.91. The largest absolute Gasteiger partial charge is 0.497 e. The number of nitrogens with zero attached hydrogens (tertiary/aromatic N) is 2. The third-order valence-electron chi connectivity index (χ3n) is 4.25. The summed E-state index contributed by atoms with van der Waals surface area (Å²) in [5.41, 5.74) is 3.75. The molecule has 0 atom stereocenters. The molecule has 0 unspecified atom stereocenters. The molecule has 2 rings (SSSR count). The van der Waals surface area contributed by atoms with Crippen molar-refractivity contribution in [3.63, 3.8) is 0 Å². The number of ether oxygens (including phenoxy) is 1. The van der Waals surface area contributed by atoms with Crippen LogP contribution in [0.25, 0.3) is 0 Å². The number of hydrogen-bond acceptors (Lipinski definition) is 3. The summed E-state index contributed by atoms with van der Waals surface area (Å²) in [5, 5.41) is 4.46. The summed E-state index contributed by atoms with van der Waals surface area (Å²) < 4.78 is 6.67. The number of rotatable bonds is 7. The number of carbonyl (C=O) groups excluding carboxylic acids is 1. The Hall–Kier alpha value is -2.10. The number of aromatic nitrogens is 2. The molecular formula is C19H26N2O2. The Morgan fingerprint density at radius 2 is 1.83 bits per heavy atom. The molecule has 0 saturated heterocycles. The second kappa shape index (κ2) is 7.95. The van der Waals surface area contributed by atoms with Gasteiger partial charge in [-0.3, -0.25) is 4.79 Å². The van der Waals surface area contributed by atoms with Gasteiger partial charge in [0, 0.05) is 11.3 Å². The molecule has 0 fully saturated rings. The van der Waals surface area contributed by atoms with Crippen LogP contribution in [0.5, 0.6) is 5.75 Å². The smallest absolute Gasteiger partial charge is 0.278 e. The van der Waals surface area contributed by atoms with Gasteiger partial charge in [0.2, 0.25) is 0 Å². The van der Waals surface area contributed by atoms with Crippen molar-refractivity contribution in [2.24, 2.45) is 0 Å². The van der Waals surface area contributed by atoms with Crippen LogP contribution >= 0.6 is 0 Å². The molecule has 23 heavy (non-hydrogen) atoms. The fourth-order valence-corrected chi connectivity index (χ4v) is 2.82. The topological polar surface area (TPSA) is 44.1 Å². The van der Waals surface area contributed by atoms with E-state index in [0.717, 1.165) is 30.0 Å². The van der Waals surface area contributed by atoms with Gasteiger partial charge in [0.1, 0.15) is 5.75 Å². The second-order valence-electron chi connectivity index (χ2n) is 5.91. The van der Waals surface area contributed by atoms with Gasteiger partial charge in [0.25, 0.3) is 5.91 Å². The molecule has 0 saturated carbocycles. The molecule has 4 nitrogen and oxygen atoms in total. The van der Waals surface area contributed by atoms with Crippen molar-refractivity contribution in [3.05, 3.63) is 46.8 Å². The van der Waals surface area contributed by atoms with Crippen molar-refractivity contribution in [2.45, 2.75) is 52.9 Å². The lowest BCUT2D eigenvalue weighted by molar-refractivity contribution is 0.0942. The SMILES string of the molecule is CCCCCCc1c(C)nn(C(=O)c2ccc(OC)cc2)c1C. The van der Waals surface area contributed by atoms with Crippen molar-refractivity contribution in [1.82, 2.24) is 9.78 Å². The van der Waals surface area contributed by atoms with Crippen LogP contribution in [0.15, 0.2) is 24.3 Å². The van der Waals surface area contributed by atoms with Gasteiger partial charge in [0.05, 0.1) is 12.8 Å². The van der Waals surface area contributed by atoms with Crippen LogP contribution in [-0.4, -0.2) is 22.8 Å².